The molecule has 0 radical (unpaired) electrons. The van der Waals surface area contributed by atoms with Crippen molar-refractivity contribution >= 4 is 46.6 Å². The lowest BCUT2D eigenvalue weighted by molar-refractivity contribution is 0.0947. The number of rotatable bonds is 6. The van der Waals surface area contributed by atoms with Gasteiger partial charge in [-0.15, -0.1) is 11.3 Å². The Morgan fingerprint density at radius 2 is 1.73 bits per heavy atom. The number of halogens is 1. The van der Waals surface area contributed by atoms with Gasteiger partial charge in [-0.25, -0.2) is 4.98 Å². The summed E-state index contributed by atoms with van der Waals surface area (Å²) < 4.78 is 1.79. The number of imidazole rings is 1. The Morgan fingerprint density at radius 3 is 2.45 bits per heavy atom. The molecule has 1 N–H and O–H groups in total. The van der Waals surface area contributed by atoms with Gasteiger partial charge in [0.2, 0.25) is 0 Å². The first-order valence-corrected chi connectivity index (χ1v) is 11.8. The minimum Gasteiger partial charge on any atom is -0.346 e. The Balaban J connectivity index is 1.58. The van der Waals surface area contributed by atoms with Crippen LogP contribution in [0.15, 0.2) is 90.4 Å². The van der Waals surface area contributed by atoms with Gasteiger partial charge in [-0.1, -0.05) is 90.5 Å². The molecule has 1 amide bonds. The van der Waals surface area contributed by atoms with Crippen molar-refractivity contribution in [3.63, 3.8) is 0 Å². The lowest BCUT2D eigenvalue weighted by Crippen LogP contribution is -2.23. The summed E-state index contributed by atoms with van der Waals surface area (Å²) in [6.07, 6.45) is 5.97. The average Bonchev–Trinajstić information content (AvgIpc) is 3.50. The summed E-state index contributed by atoms with van der Waals surface area (Å²) in [7, 11) is 0. The number of nitrogens with zero attached hydrogens (tertiary/aromatic N) is 2. The Bertz CT molecular complexity index is 1430. The maximum absolute atomic E-state index is 12.9. The minimum atomic E-state index is -0.295. The Morgan fingerprint density at radius 1 is 0.970 bits per heavy atom. The first-order chi connectivity index (χ1) is 16.2. The molecule has 0 spiro atoms. The van der Waals surface area contributed by atoms with E-state index in [4.69, 9.17) is 11.6 Å². The third kappa shape index (κ3) is 4.60. The molecule has 0 fully saturated rings. The molecule has 0 aliphatic rings. The fraction of sp³-hybridized carbons (Fsp3) is 0.0370. The van der Waals surface area contributed by atoms with Gasteiger partial charge in [0.15, 0.2) is 5.69 Å². The van der Waals surface area contributed by atoms with Crippen LogP contribution in [0.3, 0.4) is 0 Å². The molecule has 0 aliphatic heterocycles. The highest BCUT2D eigenvalue weighted by Crippen LogP contribution is 2.28. The normalized spacial score (nSPS) is 11.3. The number of carbonyl (C=O) groups excluding carboxylic acids is 1. The molecule has 33 heavy (non-hydrogen) atoms. The highest BCUT2D eigenvalue weighted by Gasteiger charge is 2.20. The quantitative estimate of drug-likeness (QED) is 0.296. The molecule has 3 aromatic heterocycles. The number of pyridine rings is 1. The largest absolute Gasteiger partial charge is 0.346 e. The summed E-state index contributed by atoms with van der Waals surface area (Å²) >= 11 is 8.27. The Hall–Kier alpha value is -3.67. The van der Waals surface area contributed by atoms with E-state index in [-0.39, 0.29) is 11.6 Å². The summed E-state index contributed by atoms with van der Waals surface area (Å²) in [4.78, 5) is 18.6. The first kappa shape index (κ1) is 21.2. The lowest BCUT2D eigenvalue weighted by Gasteiger charge is -2.07. The third-order valence-electron chi connectivity index (χ3n) is 5.27. The van der Waals surface area contributed by atoms with Crippen LogP contribution in [0.25, 0.3) is 28.9 Å². The molecule has 0 atom stereocenters. The number of hydrogen-bond donors (Lipinski definition) is 1. The van der Waals surface area contributed by atoms with E-state index >= 15 is 0 Å². The summed E-state index contributed by atoms with van der Waals surface area (Å²) in [6.45, 7) is 0.441. The molecule has 162 valence electrons. The Labute approximate surface area is 200 Å². The van der Waals surface area contributed by atoms with Crippen LogP contribution in [0.2, 0.25) is 5.15 Å². The van der Waals surface area contributed by atoms with Crippen molar-refractivity contribution in [3.05, 3.63) is 117 Å². The van der Waals surface area contributed by atoms with Crippen molar-refractivity contribution in [2.75, 3.05) is 0 Å². The average molecular weight is 470 g/mol. The SMILES string of the molecule is O=C(NCc1cccs1)c1nc2c(C=Cc3ccccc3)cc(-c3ccccc3)cn2c1Cl. The summed E-state index contributed by atoms with van der Waals surface area (Å²) in [5, 5.41) is 5.19. The standard InChI is InChI=1S/C27H20ClN3OS/c28-25-24(27(32)29-17-23-12-7-15-33-23)30-26-21(14-13-19-8-3-1-4-9-19)16-22(18-31(25)26)20-10-5-2-6-11-20/h1-16,18H,17H2,(H,29,32). The number of thiophene rings is 1. The van der Waals surface area contributed by atoms with Crippen LogP contribution in [-0.2, 0) is 6.54 Å². The molecule has 2 aromatic carbocycles. The third-order valence-corrected chi connectivity index (χ3v) is 6.51. The molecule has 3 heterocycles. The van der Waals surface area contributed by atoms with Gasteiger partial charge >= 0.3 is 0 Å². The van der Waals surface area contributed by atoms with Crippen molar-refractivity contribution in [2.45, 2.75) is 6.54 Å². The molecule has 0 saturated carbocycles. The van der Waals surface area contributed by atoms with Crippen LogP contribution in [-0.4, -0.2) is 15.3 Å². The first-order valence-electron chi connectivity index (χ1n) is 10.5. The van der Waals surface area contributed by atoms with E-state index in [1.165, 1.54) is 0 Å². The predicted molar refractivity (Wildman–Crippen MR) is 136 cm³/mol. The number of carbonyl (C=O) groups is 1. The second-order valence-corrected chi connectivity index (χ2v) is 8.89. The smallest absolute Gasteiger partial charge is 0.273 e. The van der Waals surface area contributed by atoms with Gasteiger partial charge in [0, 0.05) is 16.6 Å². The number of hydrogen-bond acceptors (Lipinski definition) is 3. The molecule has 0 bridgehead atoms. The topological polar surface area (TPSA) is 46.4 Å². The van der Waals surface area contributed by atoms with Crippen molar-refractivity contribution in [3.8, 4) is 11.1 Å². The van der Waals surface area contributed by atoms with E-state index in [1.807, 2.05) is 96.5 Å². The van der Waals surface area contributed by atoms with Gasteiger partial charge in [-0.3, -0.25) is 9.20 Å². The highest BCUT2D eigenvalue weighted by molar-refractivity contribution is 7.09. The van der Waals surface area contributed by atoms with Gasteiger partial charge in [0.1, 0.15) is 10.8 Å². The van der Waals surface area contributed by atoms with Crippen LogP contribution >= 0.6 is 22.9 Å². The van der Waals surface area contributed by atoms with Crippen LogP contribution in [0.1, 0.15) is 26.5 Å². The number of aromatic nitrogens is 2. The molecule has 5 rings (SSSR count). The minimum absolute atomic E-state index is 0.216. The van der Waals surface area contributed by atoms with Crippen molar-refractivity contribution in [2.24, 2.45) is 0 Å². The number of benzene rings is 2. The fourth-order valence-corrected chi connectivity index (χ4v) is 4.51. The molecule has 5 aromatic rings. The van der Waals surface area contributed by atoms with Gasteiger partial charge in [-0.05, 0) is 34.2 Å². The highest BCUT2D eigenvalue weighted by atomic mass is 35.5. The molecule has 4 nitrogen and oxygen atoms in total. The van der Waals surface area contributed by atoms with Gasteiger partial charge in [-0.2, -0.15) is 0 Å². The van der Waals surface area contributed by atoms with Gasteiger partial charge in [0.25, 0.3) is 5.91 Å². The number of amides is 1. The molecule has 0 aliphatic carbocycles. The van der Waals surface area contributed by atoms with Crippen LogP contribution in [0, 0.1) is 0 Å². The Kier molecular flexibility index (Phi) is 6.07. The molecular weight excluding hydrogens is 450 g/mol. The van der Waals surface area contributed by atoms with E-state index in [1.54, 1.807) is 15.7 Å². The zero-order chi connectivity index (χ0) is 22.6. The van der Waals surface area contributed by atoms with Crippen LogP contribution in [0.5, 0.6) is 0 Å². The van der Waals surface area contributed by atoms with E-state index in [9.17, 15) is 4.79 Å². The predicted octanol–water partition coefficient (Wildman–Crippen LogP) is 6.82. The van der Waals surface area contributed by atoms with Crippen LogP contribution < -0.4 is 5.32 Å². The number of nitrogens with one attached hydrogen (secondary N) is 1. The maximum Gasteiger partial charge on any atom is 0.273 e. The summed E-state index contributed by atoms with van der Waals surface area (Å²) in [5.74, 6) is -0.295. The summed E-state index contributed by atoms with van der Waals surface area (Å²) in [5.41, 5.74) is 4.84. The summed E-state index contributed by atoms with van der Waals surface area (Å²) in [6, 6.07) is 26.1. The lowest BCUT2D eigenvalue weighted by atomic mass is 10.0. The van der Waals surface area contributed by atoms with Crippen molar-refractivity contribution < 1.29 is 4.79 Å². The zero-order valence-electron chi connectivity index (χ0n) is 17.6. The second kappa shape index (κ2) is 9.45. The molecule has 6 heteroatoms. The number of fused-ring (bicyclic) bond motifs is 1. The molecular formula is C27H20ClN3OS. The maximum atomic E-state index is 12.9. The van der Waals surface area contributed by atoms with E-state index in [0.717, 1.165) is 27.1 Å². The van der Waals surface area contributed by atoms with Crippen LogP contribution in [0.4, 0.5) is 0 Å². The van der Waals surface area contributed by atoms with Gasteiger partial charge < -0.3 is 5.32 Å². The van der Waals surface area contributed by atoms with Crippen molar-refractivity contribution in [1.82, 2.24) is 14.7 Å². The molecule has 0 unspecified atom stereocenters. The molecule has 0 saturated heterocycles. The fourth-order valence-electron chi connectivity index (χ4n) is 3.61. The van der Waals surface area contributed by atoms with E-state index in [2.05, 4.69) is 16.4 Å². The van der Waals surface area contributed by atoms with E-state index < -0.39 is 0 Å². The monoisotopic (exact) mass is 469 g/mol. The second-order valence-electron chi connectivity index (χ2n) is 7.50. The van der Waals surface area contributed by atoms with E-state index in [0.29, 0.717) is 17.3 Å². The zero-order valence-corrected chi connectivity index (χ0v) is 19.2. The van der Waals surface area contributed by atoms with Crippen molar-refractivity contribution in [1.29, 1.82) is 0 Å². The van der Waals surface area contributed by atoms with Gasteiger partial charge in [0.05, 0.1) is 6.54 Å².